The van der Waals surface area contributed by atoms with E-state index in [1.165, 1.54) is 6.42 Å². The molecule has 1 saturated heterocycles. The van der Waals surface area contributed by atoms with Gasteiger partial charge in [0.25, 0.3) is 0 Å². The number of carbonyl (C=O) groups is 1. The third-order valence-corrected chi connectivity index (χ3v) is 4.95. The van der Waals surface area contributed by atoms with E-state index in [0.717, 1.165) is 44.0 Å². The van der Waals surface area contributed by atoms with Crippen molar-refractivity contribution < 1.29 is 4.79 Å². The van der Waals surface area contributed by atoms with E-state index in [1.807, 2.05) is 41.4 Å². The van der Waals surface area contributed by atoms with Crippen molar-refractivity contribution >= 4 is 11.6 Å². The fraction of sp³-hybridized carbons (Fsp3) is 0.444. The van der Waals surface area contributed by atoms with Crippen LogP contribution >= 0.6 is 0 Å². The number of hydrogen-bond donors (Lipinski definition) is 1. The summed E-state index contributed by atoms with van der Waals surface area (Å²) in [5.74, 6) is 1.77. The first-order chi connectivity index (χ1) is 11.3. The van der Waals surface area contributed by atoms with E-state index < -0.39 is 0 Å². The lowest BCUT2D eigenvalue weighted by Gasteiger charge is -2.25. The van der Waals surface area contributed by atoms with E-state index in [1.54, 1.807) is 0 Å². The molecule has 1 amide bonds. The normalized spacial score (nSPS) is 24.0. The van der Waals surface area contributed by atoms with Crippen LogP contribution in [0.3, 0.4) is 0 Å². The predicted octanol–water partition coefficient (Wildman–Crippen LogP) is 2.16. The number of nitrogens with zero attached hydrogens (tertiary/aromatic N) is 3. The molecule has 5 heteroatoms. The Morgan fingerprint density at radius 1 is 1.17 bits per heavy atom. The summed E-state index contributed by atoms with van der Waals surface area (Å²) < 4.78 is 2.24. The average molecular weight is 310 g/mol. The standard InChI is InChI=1S/C18H22N4O/c23-18-16(8-11-22(18)15-6-2-1-3-7-15)20-13-14-5-4-10-21-12-9-19-17(14)21/h1-3,6-7,9,12,14,16,20H,4-5,8,10-11,13H2/t14-,16+/m0/s1. The number of benzene rings is 1. The Kier molecular flexibility index (Phi) is 3.87. The summed E-state index contributed by atoms with van der Waals surface area (Å²) in [5.41, 5.74) is 0.995. The van der Waals surface area contributed by atoms with Gasteiger partial charge in [-0.05, 0) is 31.4 Å². The molecule has 0 bridgehead atoms. The van der Waals surface area contributed by atoms with Crippen molar-refractivity contribution in [2.75, 3.05) is 18.0 Å². The van der Waals surface area contributed by atoms with Gasteiger partial charge in [0.2, 0.25) is 5.91 Å². The van der Waals surface area contributed by atoms with Gasteiger partial charge in [0.1, 0.15) is 5.82 Å². The summed E-state index contributed by atoms with van der Waals surface area (Å²) in [7, 11) is 0. The lowest BCUT2D eigenvalue weighted by molar-refractivity contribution is -0.118. The number of aromatic nitrogens is 2. The van der Waals surface area contributed by atoms with Crippen LogP contribution in [0.4, 0.5) is 5.69 Å². The van der Waals surface area contributed by atoms with Crippen molar-refractivity contribution in [2.24, 2.45) is 0 Å². The molecule has 2 atom stereocenters. The fourth-order valence-corrected chi connectivity index (χ4v) is 3.72. The molecule has 1 aromatic heterocycles. The van der Waals surface area contributed by atoms with Gasteiger partial charge in [-0.3, -0.25) is 4.79 Å². The predicted molar refractivity (Wildman–Crippen MR) is 89.4 cm³/mol. The highest BCUT2D eigenvalue weighted by Crippen LogP contribution is 2.26. The first-order valence-electron chi connectivity index (χ1n) is 8.44. The maximum absolute atomic E-state index is 12.6. The first-order valence-corrected chi connectivity index (χ1v) is 8.44. The van der Waals surface area contributed by atoms with Gasteiger partial charge in [0, 0.05) is 43.6 Å². The molecular weight excluding hydrogens is 288 g/mol. The summed E-state index contributed by atoms with van der Waals surface area (Å²) in [6, 6.07) is 9.86. The number of imidazole rings is 1. The lowest BCUT2D eigenvalue weighted by Crippen LogP contribution is -2.40. The number of aryl methyl sites for hydroxylation is 1. The van der Waals surface area contributed by atoms with Crippen molar-refractivity contribution in [3.05, 3.63) is 48.5 Å². The van der Waals surface area contributed by atoms with Gasteiger partial charge < -0.3 is 14.8 Å². The quantitative estimate of drug-likeness (QED) is 0.941. The highest BCUT2D eigenvalue weighted by atomic mass is 16.2. The smallest absolute Gasteiger partial charge is 0.244 e. The average Bonchev–Trinajstić information content (AvgIpc) is 3.21. The monoisotopic (exact) mass is 310 g/mol. The molecular formula is C18H22N4O. The Bertz CT molecular complexity index is 681. The SMILES string of the molecule is O=C1[C@H](NC[C@@H]2CCCn3ccnc32)CCN1c1ccccc1. The zero-order valence-electron chi connectivity index (χ0n) is 13.2. The van der Waals surface area contributed by atoms with Crippen LogP contribution in [0.5, 0.6) is 0 Å². The van der Waals surface area contributed by atoms with Crippen molar-refractivity contribution in [1.29, 1.82) is 0 Å². The lowest BCUT2D eigenvalue weighted by atomic mass is 9.98. The Labute approximate surface area is 136 Å². The van der Waals surface area contributed by atoms with E-state index >= 15 is 0 Å². The van der Waals surface area contributed by atoms with E-state index in [4.69, 9.17) is 0 Å². The molecule has 23 heavy (non-hydrogen) atoms. The van der Waals surface area contributed by atoms with Gasteiger partial charge in [-0.15, -0.1) is 0 Å². The number of amides is 1. The van der Waals surface area contributed by atoms with Crippen LogP contribution in [-0.2, 0) is 11.3 Å². The number of hydrogen-bond acceptors (Lipinski definition) is 3. The summed E-state index contributed by atoms with van der Waals surface area (Å²) in [6.45, 7) is 2.69. The molecule has 3 heterocycles. The maximum Gasteiger partial charge on any atom is 0.244 e. The highest BCUT2D eigenvalue weighted by molar-refractivity contribution is 5.99. The second-order valence-electron chi connectivity index (χ2n) is 6.39. The van der Waals surface area contributed by atoms with Gasteiger partial charge >= 0.3 is 0 Å². The Hall–Kier alpha value is -2.14. The molecule has 0 unspecified atom stereocenters. The summed E-state index contributed by atoms with van der Waals surface area (Å²) >= 11 is 0. The van der Waals surface area contributed by atoms with Crippen LogP contribution in [0.1, 0.15) is 31.0 Å². The molecule has 4 rings (SSSR count). The minimum atomic E-state index is -0.0689. The number of fused-ring (bicyclic) bond motifs is 1. The number of rotatable bonds is 4. The molecule has 2 aromatic rings. The number of para-hydroxylation sites is 1. The van der Waals surface area contributed by atoms with Gasteiger partial charge in [0.15, 0.2) is 0 Å². The summed E-state index contributed by atoms with van der Waals surface area (Å²) in [4.78, 5) is 19.0. The largest absolute Gasteiger partial charge is 0.335 e. The van der Waals surface area contributed by atoms with Crippen molar-refractivity contribution in [2.45, 2.75) is 37.8 Å². The highest BCUT2D eigenvalue weighted by Gasteiger charge is 2.33. The zero-order chi connectivity index (χ0) is 15.6. The third-order valence-electron chi connectivity index (χ3n) is 4.95. The van der Waals surface area contributed by atoms with E-state index in [2.05, 4.69) is 21.1 Å². The number of anilines is 1. The Balaban J connectivity index is 1.39. The van der Waals surface area contributed by atoms with Crippen molar-refractivity contribution in [1.82, 2.24) is 14.9 Å². The van der Waals surface area contributed by atoms with Crippen LogP contribution in [-0.4, -0.2) is 34.6 Å². The second kappa shape index (κ2) is 6.16. The first kappa shape index (κ1) is 14.5. The van der Waals surface area contributed by atoms with Gasteiger partial charge in [-0.25, -0.2) is 4.98 Å². The Morgan fingerprint density at radius 2 is 2.04 bits per heavy atom. The van der Waals surface area contributed by atoms with Crippen LogP contribution in [0.25, 0.3) is 0 Å². The zero-order valence-corrected chi connectivity index (χ0v) is 13.2. The van der Waals surface area contributed by atoms with Crippen molar-refractivity contribution in [3.63, 3.8) is 0 Å². The second-order valence-corrected chi connectivity index (χ2v) is 6.39. The van der Waals surface area contributed by atoms with E-state index in [0.29, 0.717) is 5.92 Å². The molecule has 5 nitrogen and oxygen atoms in total. The fourth-order valence-electron chi connectivity index (χ4n) is 3.72. The number of carbonyl (C=O) groups excluding carboxylic acids is 1. The van der Waals surface area contributed by atoms with E-state index in [9.17, 15) is 4.79 Å². The van der Waals surface area contributed by atoms with Gasteiger partial charge in [-0.2, -0.15) is 0 Å². The molecule has 2 aliphatic heterocycles. The van der Waals surface area contributed by atoms with Crippen molar-refractivity contribution in [3.8, 4) is 0 Å². The topological polar surface area (TPSA) is 50.2 Å². The van der Waals surface area contributed by atoms with Crippen LogP contribution in [0.15, 0.2) is 42.7 Å². The van der Waals surface area contributed by atoms with Crippen LogP contribution in [0, 0.1) is 0 Å². The molecule has 120 valence electrons. The van der Waals surface area contributed by atoms with Gasteiger partial charge in [0.05, 0.1) is 6.04 Å². The van der Waals surface area contributed by atoms with Crippen LogP contribution in [0.2, 0.25) is 0 Å². The van der Waals surface area contributed by atoms with E-state index in [-0.39, 0.29) is 11.9 Å². The molecule has 1 N–H and O–H groups in total. The molecule has 0 aliphatic carbocycles. The minimum Gasteiger partial charge on any atom is -0.335 e. The molecule has 0 saturated carbocycles. The minimum absolute atomic E-state index is 0.0689. The summed E-state index contributed by atoms with van der Waals surface area (Å²) in [6.07, 6.45) is 7.14. The molecule has 2 aliphatic rings. The molecule has 1 fully saturated rings. The maximum atomic E-state index is 12.6. The molecule has 0 radical (unpaired) electrons. The number of nitrogens with one attached hydrogen (secondary N) is 1. The molecule has 1 aromatic carbocycles. The van der Waals surface area contributed by atoms with Gasteiger partial charge in [-0.1, -0.05) is 18.2 Å². The summed E-state index contributed by atoms with van der Waals surface area (Å²) in [5, 5.41) is 3.49. The molecule has 0 spiro atoms. The van der Waals surface area contributed by atoms with Crippen LogP contribution < -0.4 is 10.2 Å². The Morgan fingerprint density at radius 3 is 2.91 bits per heavy atom. The third kappa shape index (κ3) is 2.77.